The van der Waals surface area contributed by atoms with Gasteiger partial charge in [-0.05, 0) is 42.0 Å². The normalized spacial score (nSPS) is 20.1. The molecule has 0 saturated carbocycles. The number of hydrogen-bond donors (Lipinski definition) is 0. The molecule has 2 heterocycles. The molecular formula is C24H16ClF3N2O2S. The van der Waals surface area contributed by atoms with E-state index in [1.54, 1.807) is 53.4 Å². The summed E-state index contributed by atoms with van der Waals surface area (Å²) in [4.78, 5) is 28.2. The van der Waals surface area contributed by atoms with Crippen molar-refractivity contribution in [1.82, 2.24) is 0 Å². The number of halogens is 4. The van der Waals surface area contributed by atoms with Gasteiger partial charge in [-0.3, -0.25) is 14.5 Å². The van der Waals surface area contributed by atoms with Crippen molar-refractivity contribution in [2.75, 3.05) is 15.6 Å². The molecule has 168 valence electrons. The number of anilines is 2. The zero-order valence-corrected chi connectivity index (χ0v) is 18.5. The molecule has 0 aliphatic carbocycles. The third kappa shape index (κ3) is 3.48. The number of benzene rings is 3. The van der Waals surface area contributed by atoms with Gasteiger partial charge in [0.25, 0.3) is 5.91 Å². The summed E-state index contributed by atoms with van der Waals surface area (Å²) >= 11 is 7.10. The van der Waals surface area contributed by atoms with Gasteiger partial charge < -0.3 is 4.90 Å². The molecule has 9 heteroatoms. The van der Waals surface area contributed by atoms with Crippen LogP contribution >= 0.6 is 23.4 Å². The minimum atomic E-state index is -4.57. The third-order valence-electron chi connectivity index (χ3n) is 5.75. The van der Waals surface area contributed by atoms with Crippen molar-refractivity contribution < 1.29 is 22.8 Å². The molecule has 3 aromatic carbocycles. The van der Waals surface area contributed by atoms with Gasteiger partial charge in [-0.15, -0.1) is 11.8 Å². The molecule has 1 spiro atoms. The third-order valence-corrected chi connectivity index (χ3v) is 7.39. The Balaban J connectivity index is 1.63. The molecule has 2 aliphatic rings. The topological polar surface area (TPSA) is 40.6 Å². The van der Waals surface area contributed by atoms with Crippen LogP contribution in [0, 0.1) is 0 Å². The molecule has 0 bridgehead atoms. The highest BCUT2D eigenvalue weighted by Gasteiger charge is 2.61. The Hall–Kier alpha value is -2.97. The Morgan fingerprint density at radius 1 is 0.970 bits per heavy atom. The number of carbonyl (C=O) groups is 2. The predicted molar refractivity (Wildman–Crippen MR) is 122 cm³/mol. The summed E-state index contributed by atoms with van der Waals surface area (Å²) in [6.07, 6.45) is -4.57. The van der Waals surface area contributed by atoms with E-state index < -0.39 is 22.5 Å². The number of nitrogens with zero attached hydrogens (tertiary/aromatic N) is 2. The van der Waals surface area contributed by atoms with Gasteiger partial charge in [-0.1, -0.05) is 48.0 Å². The second kappa shape index (κ2) is 7.81. The molecule has 1 fully saturated rings. The zero-order chi connectivity index (χ0) is 23.4. The fourth-order valence-corrected chi connectivity index (χ4v) is 5.79. The number of carbonyl (C=O) groups excluding carboxylic acids is 2. The van der Waals surface area contributed by atoms with Gasteiger partial charge in [0.1, 0.15) is 0 Å². The van der Waals surface area contributed by atoms with E-state index in [1.807, 2.05) is 0 Å². The zero-order valence-electron chi connectivity index (χ0n) is 17.0. The first-order valence-corrected chi connectivity index (χ1v) is 11.4. The summed E-state index contributed by atoms with van der Waals surface area (Å²) in [6.45, 7) is 0.236. The smallest absolute Gasteiger partial charge is 0.304 e. The Morgan fingerprint density at radius 3 is 2.42 bits per heavy atom. The Kier molecular flexibility index (Phi) is 5.17. The van der Waals surface area contributed by atoms with E-state index in [9.17, 15) is 22.8 Å². The highest BCUT2D eigenvalue weighted by Crippen LogP contribution is 2.56. The average molecular weight is 489 g/mol. The molecule has 5 rings (SSSR count). The van der Waals surface area contributed by atoms with Crippen LogP contribution < -0.4 is 9.80 Å². The number of amides is 2. The molecule has 1 saturated heterocycles. The summed E-state index contributed by atoms with van der Waals surface area (Å²) in [5.74, 6) is -0.812. The first-order valence-electron chi connectivity index (χ1n) is 10.0. The van der Waals surface area contributed by atoms with Gasteiger partial charge in [-0.2, -0.15) is 13.2 Å². The van der Waals surface area contributed by atoms with Crippen LogP contribution in [-0.2, 0) is 27.2 Å². The number of alkyl halides is 3. The molecule has 3 aromatic rings. The highest BCUT2D eigenvalue weighted by atomic mass is 35.5. The second-order valence-electron chi connectivity index (χ2n) is 7.74. The van der Waals surface area contributed by atoms with Crippen molar-refractivity contribution >= 4 is 46.6 Å². The summed E-state index contributed by atoms with van der Waals surface area (Å²) in [6, 6.07) is 18.7. The lowest BCUT2D eigenvalue weighted by molar-refractivity contribution is -0.137. The van der Waals surface area contributed by atoms with Crippen molar-refractivity contribution in [2.24, 2.45) is 0 Å². The maximum absolute atomic E-state index is 13.9. The Morgan fingerprint density at radius 2 is 1.70 bits per heavy atom. The van der Waals surface area contributed by atoms with Crippen LogP contribution in [0.2, 0.25) is 5.02 Å². The molecular weight excluding hydrogens is 473 g/mol. The minimum absolute atomic E-state index is 0.0227. The number of fused-ring (bicyclic) bond motifs is 2. The summed E-state index contributed by atoms with van der Waals surface area (Å²) in [5.41, 5.74) is 1.20. The Bertz CT molecular complexity index is 1270. The van der Waals surface area contributed by atoms with Crippen LogP contribution in [0.1, 0.15) is 16.7 Å². The Labute approximate surface area is 196 Å². The van der Waals surface area contributed by atoms with E-state index in [4.69, 9.17) is 11.6 Å². The number of thioether (sulfide) groups is 1. The molecule has 0 aromatic heterocycles. The van der Waals surface area contributed by atoms with Crippen LogP contribution in [0.25, 0.3) is 0 Å². The van der Waals surface area contributed by atoms with Gasteiger partial charge in [-0.25, -0.2) is 0 Å². The summed E-state index contributed by atoms with van der Waals surface area (Å²) in [5, 5.41) is 0.566. The average Bonchev–Trinajstić information content (AvgIpc) is 3.26. The lowest BCUT2D eigenvalue weighted by Gasteiger charge is -2.33. The molecule has 0 unspecified atom stereocenters. The van der Waals surface area contributed by atoms with Gasteiger partial charge in [0.05, 0.1) is 23.5 Å². The summed E-state index contributed by atoms with van der Waals surface area (Å²) < 4.78 is 40.1. The quantitative estimate of drug-likeness (QED) is 0.465. The minimum Gasteiger partial charge on any atom is -0.304 e. The van der Waals surface area contributed by atoms with Crippen molar-refractivity contribution in [3.63, 3.8) is 0 Å². The van der Waals surface area contributed by atoms with Gasteiger partial charge >= 0.3 is 6.18 Å². The molecule has 2 aliphatic heterocycles. The van der Waals surface area contributed by atoms with Crippen LogP contribution in [-0.4, -0.2) is 17.6 Å². The predicted octanol–water partition coefficient (Wildman–Crippen LogP) is 5.84. The van der Waals surface area contributed by atoms with E-state index in [0.717, 1.165) is 29.5 Å². The molecule has 1 atom stereocenters. The van der Waals surface area contributed by atoms with Gasteiger partial charge in [0.15, 0.2) is 0 Å². The largest absolute Gasteiger partial charge is 0.416 e. The number of rotatable bonds is 3. The van der Waals surface area contributed by atoms with E-state index >= 15 is 0 Å². The molecule has 2 amide bonds. The van der Waals surface area contributed by atoms with Crippen LogP contribution in [0.15, 0.2) is 72.8 Å². The van der Waals surface area contributed by atoms with Crippen LogP contribution in [0.4, 0.5) is 24.5 Å². The number of hydrogen-bond acceptors (Lipinski definition) is 3. The molecule has 0 N–H and O–H groups in total. The molecule has 4 nitrogen and oxygen atoms in total. The first-order chi connectivity index (χ1) is 15.7. The van der Waals surface area contributed by atoms with E-state index in [2.05, 4.69) is 0 Å². The van der Waals surface area contributed by atoms with Crippen molar-refractivity contribution in [3.8, 4) is 0 Å². The van der Waals surface area contributed by atoms with Crippen molar-refractivity contribution in [3.05, 3.63) is 94.5 Å². The maximum atomic E-state index is 13.9. The number of para-hydroxylation sites is 1. The first kappa shape index (κ1) is 21.9. The SMILES string of the molecule is O=C1CS[C@@]2(C(=O)N(Cc3ccc(Cl)cc3)c3ccccc32)N1c1cccc(C(F)(F)F)c1. The standard InChI is InChI=1S/C24H16ClF3N2O2S/c25-17-10-8-15(9-11-17)13-29-20-7-2-1-6-19(20)23(22(29)32)30(21(31)14-33-23)18-5-3-4-16(12-18)24(26,27)28/h1-12H,13-14H2/t23-/m0/s1. The van der Waals surface area contributed by atoms with Crippen LogP contribution in [0.5, 0.6) is 0 Å². The van der Waals surface area contributed by atoms with Crippen LogP contribution in [0.3, 0.4) is 0 Å². The fraction of sp³-hybridized carbons (Fsp3) is 0.167. The lowest BCUT2D eigenvalue weighted by Crippen LogP contribution is -2.49. The van der Waals surface area contributed by atoms with Crippen molar-refractivity contribution in [2.45, 2.75) is 17.6 Å². The maximum Gasteiger partial charge on any atom is 0.416 e. The second-order valence-corrected chi connectivity index (χ2v) is 9.35. The lowest BCUT2D eigenvalue weighted by atomic mass is 10.0. The van der Waals surface area contributed by atoms with E-state index in [-0.39, 0.29) is 23.9 Å². The highest BCUT2D eigenvalue weighted by molar-refractivity contribution is 8.02. The fourth-order valence-electron chi connectivity index (χ4n) is 4.31. The van der Waals surface area contributed by atoms with Gasteiger partial charge in [0.2, 0.25) is 10.8 Å². The van der Waals surface area contributed by atoms with E-state index in [1.165, 1.54) is 17.0 Å². The van der Waals surface area contributed by atoms with Gasteiger partial charge in [0, 0.05) is 16.3 Å². The monoisotopic (exact) mass is 488 g/mol. The molecule has 33 heavy (non-hydrogen) atoms. The molecule has 0 radical (unpaired) electrons. The summed E-state index contributed by atoms with van der Waals surface area (Å²) in [7, 11) is 0. The van der Waals surface area contributed by atoms with E-state index in [0.29, 0.717) is 16.3 Å². The van der Waals surface area contributed by atoms with Crippen molar-refractivity contribution in [1.29, 1.82) is 0 Å².